The predicted molar refractivity (Wildman–Crippen MR) is 51.9 cm³/mol. The number of rotatable bonds is 1. The number of hydrogen-bond donors (Lipinski definition) is 2. The van der Waals surface area contributed by atoms with Crippen LogP contribution in [0.5, 0.6) is 0 Å². The summed E-state index contributed by atoms with van der Waals surface area (Å²) in [4.78, 5) is 16.3. The molecular weight excluding hydrogens is 182 g/mol. The van der Waals surface area contributed by atoms with Gasteiger partial charge >= 0.3 is 0 Å². The zero-order valence-electron chi connectivity index (χ0n) is 7.34. The fourth-order valence-electron chi connectivity index (χ4n) is 1.38. The molecule has 0 radical (unpaired) electrons. The molecule has 14 heavy (non-hydrogen) atoms. The van der Waals surface area contributed by atoms with E-state index in [0.717, 1.165) is 5.69 Å². The van der Waals surface area contributed by atoms with Crippen molar-refractivity contribution in [1.29, 1.82) is 0 Å². The number of carbonyl (C=O) groups excluding carboxylic acids is 1. The molecule has 0 aliphatic carbocycles. The van der Waals surface area contributed by atoms with Crippen molar-refractivity contribution in [2.75, 3.05) is 11.4 Å². The minimum absolute atomic E-state index is 0.261. The maximum Gasteiger partial charge on any atom is 0.214 e. The fourth-order valence-corrected chi connectivity index (χ4v) is 1.38. The summed E-state index contributed by atoms with van der Waals surface area (Å²) in [5.41, 5.74) is 3.38. The van der Waals surface area contributed by atoms with Crippen LogP contribution in [-0.2, 0) is 4.79 Å². The summed E-state index contributed by atoms with van der Waals surface area (Å²) in [5, 5.41) is 8.71. The van der Waals surface area contributed by atoms with Gasteiger partial charge in [-0.25, -0.2) is 4.99 Å². The number of carbonyl (C=O) groups is 1. The summed E-state index contributed by atoms with van der Waals surface area (Å²) in [6.45, 7) is 0.261. The Kier molecular flexibility index (Phi) is 2.16. The van der Waals surface area contributed by atoms with Crippen LogP contribution in [0.1, 0.15) is 0 Å². The molecule has 0 spiro atoms. The van der Waals surface area contributed by atoms with Crippen LogP contribution in [0.3, 0.4) is 0 Å². The Bertz CT molecular complexity index is 389. The highest BCUT2D eigenvalue weighted by atomic mass is 16.5. The molecule has 1 aromatic carbocycles. The molecule has 72 valence electrons. The molecule has 0 atom stereocenters. The first-order valence-electron chi connectivity index (χ1n) is 4.14. The highest BCUT2D eigenvalue weighted by Gasteiger charge is 2.17. The van der Waals surface area contributed by atoms with Crippen LogP contribution < -0.4 is 10.4 Å². The van der Waals surface area contributed by atoms with Crippen molar-refractivity contribution in [2.45, 2.75) is 0 Å². The van der Waals surface area contributed by atoms with Crippen molar-refractivity contribution in [1.82, 2.24) is 5.48 Å². The summed E-state index contributed by atoms with van der Waals surface area (Å²) in [6.07, 6.45) is 0.713. The zero-order valence-corrected chi connectivity index (χ0v) is 7.34. The molecule has 2 N–H and O–H groups in total. The molecule has 0 aromatic heterocycles. The molecule has 0 unspecified atom stereocenters. The first kappa shape index (κ1) is 8.71. The third-order valence-electron chi connectivity index (χ3n) is 2.02. The van der Waals surface area contributed by atoms with Gasteiger partial charge in [0.05, 0.1) is 17.9 Å². The Balaban J connectivity index is 2.48. The SMILES string of the molecule is O=CN1CC(NO)=Nc2ccccc21. The van der Waals surface area contributed by atoms with Crippen LogP contribution in [0.25, 0.3) is 0 Å². The molecule has 1 aromatic rings. The van der Waals surface area contributed by atoms with E-state index in [4.69, 9.17) is 5.21 Å². The standard InChI is InChI=1S/C9H9N3O2/c13-6-12-5-9(11-14)10-7-3-1-2-4-8(7)12/h1-4,6,14H,5H2,(H,10,11). The number of benzene rings is 1. The number of nitrogens with one attached hydrogen (secondary N) is 1. The van der Waals surface area contributed by atoms with Gasteiger partial charge in [-0.2, -0.15) is 0 Å². The van der Waals surface area contributed by atoms with Crippen molar-refractivity contribution in [3.8, 4) is 0 Å². The lowest BCUT2D eigenvalue weighted by molar-refractivity contribution is -0.107. The van der Waals surface area contributed by atoms with Crippen molar-refractivity contribution >= 4 is 23.6 Å². The lowest BCUT2D eigenvalue weighted by Gasteiger charge is -2.23. The van der Waals surface area contributed by atoms with E-state index in [1.165, 1.54) is 4.90 Å². The number of para-hydroxylation sites is 2. The zero-order chi connectivity index (χ0) is 9.97. The molecule has 2 rings (SSSR count). The molecule has 5 heteroatoms. The third-order valence-corrected chi connectivity index (χ3v) is 2.02. The van der Waals surface area contributed by atoms with Crippen LogP contribution in [0.2, 0.25) is 0 Å². The highest BCUT2D eigenvalue weighted by Crippen LogP contribution is 2.30. The van der Waals surface area contributed by atoms with Gasteiger partial charge in [-0.3, -0.25) is 15.5 Å². The summed E-state index contributed by atoms with van der Waals surface area (Å²) in [5.74, 6) is 0.357. The van der Waals surface area contributed by atoms with E-state index in [9.17, 15) is 4.79 Å². The normalized spacial score (nSPS) is 14.4. The first-order valence-corrected chi connectivity index (χ1v) is 4.14. The molecule has 0 saturated heterocycles. The van der Waals surface area contributed by atoms with Gasteiger partial charge in [-0.15, -0.1) is 0 Å². The van der Waals surface area contributed by atoms with Crippen LogP contribution in [0.15, 0.2) is 29.3 Å². The number of amides is 1. The van der Waals surface area contributed by atoms with Crippen LogP contribution in [0.4, 0.5) is 11.4 Å². The average molecular weight is 191 g/mol. The minimum atomic E-state index is 0.261. The number of hydroxylamine groups is 1. The van der Waals surface area contributed by atoms with Gasteiger partial charge in [0.2, 0.25) is 6.41 Å². The second kappa shape index (κ2) is 3.47. The monoisotopic (exact) mass is 191 g/mol. The second-order valence-electron chi connectivity index (χ2n) is 2.89. The van der Waals surface area contributed by atoms with E-state index < -0.39 is 0 Å². The number of amidine groups is 1. The van der Waals surface area contributed by atoms with Crippen LogP contribution >= 0.6 is 0 Å². The van der Waals surface area contributed by atoms with Crippen LogP contribution in [0, 0.1) is 0 Å². The predicted octanol–water partition coefficient (Wildman–Crippen LogP) is 0.672. The average Bonchev–Trinajstić information content (AvgIpc) is 2.27. The number of fused-ring (bicyclic) bond motifs is 1. The van der Waals surface area contributed by atoms with E-state index in [1.54, 1.807) is 12.1 Å². The molecule has 1 aliphatic heterocycles. The quantitative estimate of drug-likeness (QED) is 0.506. The maximum atomic E-state index is 10.7. The lowest BCUT2D eigenvalue weighted by Crippen LogP contribution is -2.37. The Morgan fingerprint density at radius 2 is 2.29 bits per heavy atom. The van der Waals surface area contributed by atoms with Crippen LogP contribution in [-0.4, -0.2) is 24.0 Å². The third kappa shape index (κ3) is 1.33. The fraction of sp³-hybridized carbons (Fsp3) is 0.111. The summed E-state index contributed by atoms with van der Waals surface area (Å²) in [7, 11) is 0. The molecule has 0 bridgehead atoms. The Morgan fingerprint density at radius 3 is 3.00 bits per heavy atom. The highest BCUT2D eigenvalue weighted by molar-refractivity contribution is 5.99. The van der Waals surface area contributed by atoms with Gasteiger partial charge in [0.25, 0.3) is 0 Å². The van der Waals surface area contributed by atoms with Gasteiger partial charge < -0.3 is 4.90 Å². The van der Waals surface area contributed by atoms with E-state index in [1.807, 2.05) is 17.6 Å². The number of anilines is 1. The van der Waals surface area contributed by atoms with E-state index in [2.05, 4.69) is 4.99 Å². The van der Waals surface area contributed by atoms with Crippen molar-refractivity contribution in [3.05, 3.63) is 24.3 Å². The Hall–Kier alpha value is -1.88. The van der Waals surface area contributed by atoms with Gasteiger partial charge in [-0.1, -0.05) is 12.1 Å². The van der Waals surface area contributed by atoms with Gasteiger partial charge in [0.15, 0.2) is 0 Å². The van der Waals surface area contributed by atoms with E-state index in [-0.39, 0.29) is 6.54 Å². The number of hydrogen-bond acceptors (Lipinski definition) is 4. The second-order valence-corrected chi connectivity index (χ2v) is 2.89. The molecule has 1 aliphatic rings. The van der Waals surface area contributed by atoms with E-state index in [0.29, 0.717) is 17.9 Å². The van der Waals surface area contributed by atoms with Crippen molar-refractivity contribution in [3.63, 3.8) is 0 Å². The summed E-state index contributed by atoms with van der Waals surface area (Å²) >= 11 is 0. The lowest BCUT2D eigenvalue weighted by atomic mass is 10.2. The van der Waals surface area contributed by atoms with Gasteiger partial charge in [0.1, 0.15) is 5.84 Å². The smallest absolute Gasteiger partial charge is 0.214 e. The van der Waals surface area contributed by atoms with Crippen molar-refractivity contribution < 1.29 is 10.0 Å². The summed E-state index contributed by atoms with van der Waals surface area (Å²) in [6, 6.07) is 7.25. The topological polar surface area (TPSA) is 64.9 Å². The number of aliphatic imine (C=N–C) groups is 1. The Morgan fingerprint density at radius 1 is 1.50 bits per heavy atom. The molecule has 1 heterocycles. The molecule has 0 saturated carbocycles. The van der Waals surface area contributed by atoms with Gasteiger partial charge in [0, 0.05) is 0 Å². The minimum Gasteiger partial charge on any atom is -0.305 e. The van der Waals surface area contributed by atoms with Gasteiger partial charge in [-0.05, 0) is 12.1 Å². The molecule has 1 amide bonds. The number of nitrogens with zero attached hydrogens (tertiary/aromatic N) is 2. The molecule has 0 fully saturated rings. The van der Waals surface area contributed by atoms with E-state index >= 15 is 0 Å². The molecule has 5 nitrogen and oxygen atoms in total. The first-order chi connectivity index (χ1) is 6.85. The Labute approximate surface area is 80.6 Å². The maximum absolute atomic E-state index is 10.7. The van der Waals surface area contributed by atoms with Crippen molar-refractivity contribution in [2.24, 2.45) is 4.99 Å². The largest absolute Gasteiger partial charge is 0.305 e. The molecular formula is C9H9N3O2. The summed E-state index contributed by atoms with van der Waals surface area (Å²) < 4.78 is 0.